The van der Waals surface area contributed by atoms with Gasteiger partial charge in [0.05, 0.1) is 0 Å². The van der Waals surface area contributed by atoms with E-state index in [9.17, 15) is 4.79 Å². The van der Waals surface area contributed by atoms with E-state index in [1.165, 1.54) is 24.8 Å². The Balaban J connectivity index is 1.73. The smallest absolute Gasteiger partial charge is 0.136 e. The summed E-state index contributed by atoms with van der Waals surface area (Å²) in [7, 11) is 0. The van der Waals surface area contributed by atoms with Gasteiger partial charge in [-0.25, -0.2) is 0 Å². The fourth-order valence-corrected chi connectivity index (χ4v) is 4.86. The number of rotatable bonds is 5. The molecule has 1 heteroatoms. The van der Waals surface area contributed by atoms with Gasteiger partial charge in [0, 0.05) is 12.3 Å². The van der Waals surface area contributed by atoms with Crippen molar-refractivity contribution in [2.75, 3.05) is 0 Å². The number of allylic oxidation sites excluding steroid dienone is 1. The highest BCUT2D eigenvalue weighted by atomic mass is 16.1. The zero-order valence-corrected chi connectivity index (χ0v) is 12.9. The fraction of sp³-hybridized carbons (Fsp3) is 0.550. The molecule has 1 aromatic rings. The van der Waals surface area contributed by atoms with Gasteiger partial charge in [0.25, 0.3) is 0 Å². The van der Waals surface area contributed by atoms with Gasteiger partial charge in [-0.2, -0.15) is 0 Å². The SMILES string of the molecule is C=CCC12CCCC1C(CCc1ccccc1)C(=O)CC2. The minimum atomic E-state index is 0.293. The fourth-order valence-electron chi connectivity index (χ4n) is 4.86. The average Bonchev–Trinajstić information content (AvgIpc) is 2.92. The van der Waals surface area contributed by atoms with Crippen molar-refractivity contribution >= 4 is 5.78 Å². The van der Waals surface area contributed by atoms with Crippen LogP contribution >= 0.6 is 0 Å². The van der Waals surface area contributed by atoms with Crippen LogP contribution in [0.4, 0.5) is 0 Å². The number of carbonyl (C=O) groups excluding carboxylic acids is 1. The number of Topliss-reactive ketones (excluding diaryl/α,β-unsaturated/α-hetero) is 1. The molecule has 0 heterocycles. The Hall–Kier alpha value is -1.37. The largest absolute Gasteiger partial charge is 0.299 e. The Morgan fingerprint density at radius 1 is 1.24 bits per heavy atom. The zero-order valence-electron chi connectivity index (χ0n) is 12.9. The molecule has 0 bridgehead atoms. The number of fused-ring (bicyclic) bond motifs is 1. The molecule has 0 radical (unpaired) electrons. The molecule has 2 aliphatic carbocycles. The van der Waals surface area contributed by atoms with E-state index < -0.39 is 0 Å². The summed E-state index contributed by atoms with van der Waals surface area (Å²) in [6, 6.07) is 10.6. The summed E-state index contributed by atoms with van der Waals surface area (Å²) in [5.74, 6) is 1.43. The summed E-state index contributed by atoms with van der Waals surface area (Å²) in [4.78, 5) is 12.5. The number of carbonyl (C=O) groups is 1. The van der Waals surface area contributed by atoms with Crippen LogP contribution in [0.1, 0.15) is 50.5 Å². The van der Waals surface area contributed by atoms with Crippen LogP contribution in [0.2, 0.25) is 0 Å². The molecule has 2 saturated carbocycles. The molecule has 3 unspecified atom stereocenters. The molecule has 0 N–H and O–H groups in total. The zero-order chi connectivity index (χ0) is 14.7. The summed E-state index contributed by atoms with van der Waals surface area (Å²) in [5, 5.41) is 0. The lowest BCUT2D eigenvalue weighted by atomic mass is 9.60. The highest BCUT2D eigenvalue weighted by Crippen LogP contribution is 2.56. The highest BCUT2D eigenvalue weighted by molar-refractivity contribution is 5.82. The van der Waals surface area contributed by atoms with E-state index in [0.29, 0.717) is 23.0 Å². The van der Waals surface area contributed by atoms with Crippen molar-refractivity contribution in [2.24, 2.45) is 17.3 Å². The molecule has 1 aromatic carbocycles. The van der Waals surface area contributed by atoms with Crippen molar-refractivity contribution in [2.45, 2.75) is 51.4 Å². The van der Waals surface area contributed by atoms with Crippen molar-refractivity contribution in [3.05, 3.63) is 48.6 Å². The van der Waals surface area contributed by atoms with Gasteiger partial charge in [-0.05, 0) is 55.4 Å². The molecule has 2 fully saturated rings. The van der Waals surface area contributed by atoms with Gasteiger partial charge in [0.2, 0.25) is 0 Å². The highest BCUT2D eigenvalue weighted by Gasteiger charge is 2.50. The van der Waals surface area contributed by atoms with E-state index in [2.05, 4.69) is 43.0 Å². The Morgan fingerprint density at radius 2 is 2.05 bits per heavy atom. The lowest BCUT2D eigenvalue weighted by Gasteiger charge is -2.43. The van der Waals surface area contributed by atoms with Crippen LogP contribution in [0.25, 0.3) is 0 Å². The number of hydrogen-bond acceptors (Lipinski definition) is 1. The predicted molar refractivity (Wildman–Crippen MR) is 87.1 cm³/mol. The van der Waals surface area contributed by atoms with Crippen LogP contribution in [-0.2, 0) is 11.2 Å². The Morgan fingerprint density at radius 3 is 2.81 bits per heavy atom. The third-order valence-electron chi connectivity index (χ3n) is 5.88. The number of benzene rings is 1. The third-order valence-corrected chi connectivity index (χ3v) is 5.88. The summed E-state index contributed by atoms with van der Waals surface area (Å²) in [5.41, 5.74) is 1.76. The molecular formula is C20H26O. The van der Waals surface area contributed by atoms with Crippen molar-refractivity contribution < 1.29 is 4.79 Å². The monoisotopic (exact) mass is 282 g/mol. The van der Waals surface area contributed by atoms with E-state index in [-0.39, 0.29) is 0 Å². The summed E-state index contributed by atoms with van der Waals surface area (Å²) >= 11 is 0. The van der Waals surface area contributed by atoms with Crippen LogP contribution in [0, 0.1) is 17.3 Å². The van der Waals surface area contributed by atoms with Gasteiger partial charge in [0.15, 0.2) is 0 Å². The first-order chi connectivity index (χ1) is 10.2. The van der Waals surface area contributed by atoms with E-state index >= 15 is 0 Å². The summed E-state index contributed by atoms with van der Waals surface area (Å²) in [6.07, 6.45) is 11.0. The molecule has 3 rings (SSSR count). The Labute approximate surface area is 128 Å². The lowest BCUT2D eigenvalue weighted by Crippen LogP contribution is -2.40. The molecule has 1 nitrogen and oxygen atoms in total. The molecule has 0 aromatic heterocycles. The average molecular weight is 282 g/mol. The van der Waals surface area contributed by atoms with E-state index in [4.69, 9.17) is 0 Å². The number of hydrogen-bond donors (Lipinski definition) is 0. The van der Waals surface area contributed by atoms with Crippen molar-refractivity contribution in [1.29, 1.82) is 0 Å². The molecule has 21 heavy (non-hydrogen) atoms. The van der Waals surface area contributed by atoms with Gasteiger partial charge >= 0.3 is 0 Å². The maximum Gasteiger partial charge on any atom is 0.136 e. The van der Waals surface area contributed by atoms with Crippen molar-refractivity contribution in [3.8, 4) is 0 Å². The Kier molecular flexibility index (Phi) is 4.28. The first-order valence-corrected chi connectivity index (χ1v) is 8.43. The summed E-state index contributed by atoms with van der Waals surface area (Å²) < 4.78 is 0. The van der Waals surface area contributed by atoms with Crippen molar-refractivity contribution in [1.82, 2.24) is 0 Å². The molecule has 0 aliphatic heterocycles. The third kappa shape index (κ3) is 2.84. The minimum absolute atomic E-state index is 0.293. The van der Waals surface area contributed by atoms with Gasteiger partial charge in [0.1, 0.15) is 5.78 Å². The minimum Gasteiger partial charge on any atom is -0.299 e. The van der Waals surface area contributed by atoms with Gasteiger partial charge < -0.3 is 0 Å². The Bertz CT molecular complexity index is 504. The molecular weight excluding hydrogens is 256 g/mol. The molecule has 112 valence electrons. The standard InChI is InChI=1S/C20H26O/c1-2-13-20-14-6-9-18(20)17(19(21)12-15-20)11-10-16-7-4-3-5-8-16/h2-5,7-8,17-18H,1,6,9-15H2. The molecule has 0 amide bonds. The quantitative estimate of drug-likeness (QED) is 0.697. The first kappa shape index (κ1) is 14.6. The van der Waals surface area contributed by atoms with E-state index in [1.807, 2.05) is 0 Å². The topological polar surface area (TPSA) is 17.1 Å². The van der Waals surface area contributed by atoms with Crippen molar-refractivity contribution in [3.63, 3.8) is 0 Å². The second-order valence-electron chi connectivity index (χ2n) is 6.95. The maximum atomic E-state index is 12.5. The van der Waals surface area contributed by atoms with Crippen LogP contribution in [0.3, 0.4) is 0 Å². The van der Waals surface area contributed by atoms with Gasteiger partial charge in [-0.1, -0.05) is 42.8 Å². The van der Waals surface area contributed by atoms with Gasteiger partial charge in [-0.3, -0.25) is 4.79 Å². The normalized spacial score (nSPS) is 31.9. The lowest BCUT2D eigenvalue weighted by molar-refractivity contribution is -0.131. The second-order valence-corrected chi connectivity index (χ2v) is 6.95. The van der Waals surface area contributed by atoms with Crippen LogP contribution in [0.5, 0.6) is 0 Å². The molecule has 0 spiro atoms. The molecule has 2 aliphatic rings. The van der Waals surface area contributed by atoms with Crippen LogP contribution in [0.15, 0.2) is 43.0 Å². The molecule has 3 atom stereocenters. The maximum absolute atomic E-state index is 12.5. The molecule has 0 saturated heterocycles. The van der Waals surface area contributed by atoms with E-state index in [1.54, 1.807) is 0 Å². The second kappa shape index (κ2) is 6.17. The summed E-state index contributed by atoms with van der Waals surface area (Å²) in [6.45, 7) is 3.96. The predicted octanol–water partition coefficient (Wildman–Crippen LogP) is 4.96. The van der Waals surface area contributed by atoms with Crippen LogP contribution < -0.4 is 0 Å². The van der Waals surface area contributed by atoms with E-state index in [0.717, 1.165) is 32.1 Å². The van der Waals surface area contributed by atoms with Crippen LogP contribution in [-0.4, -0.2) is 5.78 Å². The van der Waals surface area contributed by atoms with Gasteiger partial charge in [-0.15, -0.1) is 6.58 Å². The number of aryl methyl sites for hydroxylation is 1. The first-order valence-electron chi connectivity index (χ1n) is 8.43. The number of ketones is 1.